The van der Waals surface area contributed by atoms with Crippen molar-refractivity contribution in [3.8, 4) is 5.75 Å². The summed E-state index contributed by atoms with van der Waals surface area (Å²) in [6.45, 7) is 0. The highest BCUT2D eigenvalue weighted by Gasteiger charge is 2.20. The van der Waals surface area contributed by atoms with Crippen LogP contribution in [0.2, 0.25) is 0 Å². The highest BCUT2D eigenvalue weighted by Crippen LogP contribution is 2.27. The maximum atomic E-state index is 12.4. The lowest BCUT2D eigenvalue weighted by Crippen LogP contribution is -2.14. The molecule has 2 aromatic rings. The lowest BCUT2D eigenvalue weighted by Gasteiger charge is -2.12. The number of nitrogens with one attached hydrogen (secondary N) is 1. The van der Waals surface area contributed by atoms with Crippen LogP contribution in [0.25, 0.3) is 0 Å². The highest BCUT2D eigenvalue weighted by molar-refractivity contribution is 14.1. The van der Waals surface area contributed by atoms with Crippen molar-refractivity contribution in [2.75, 3.05) is 17.6 Å². The molecule has 0 heterocycles. The molecule has 0 aliphatic rings. The van der Waals surface area contributed by atoms with Crippen molar-refractivity contribution in [1.82, 2.24) is 0 Å². The zero-order valence-electron chi connectivity index (χ0n) is 10.6. The Kier molecular flexibility index (Phi) is 4.39. The number of hydrogen-bond donors (Lipinski definition) is 2. The largest absolute Gasteiger partial charge is 0.495 e. The van der Waals surface area contributed by atoms with Crippen molar-refractivity contribution in [1.29, 1.82) is 0 Å². The van der Waals surface area contributed by atoms with Crippen molar-refractivity contribution in [3.63, 3.8) is 0 Å². The molecule has 0 radical (unpaired) electrons. The summed E-state index contributed by atoms with van der Waals surface area (Å²) in [7, 11) is -2.34. The molecule has 0 bridgehead atoms. The quantitative estimate of drug-likeness (QED) is 0.607. The van der Waals surface area contributed by atoms with Gasteiger partial charge >= 0.3 is 0 Å². The average Bonchev–Trinajstić information content (AvgIpc) is 2.41. The fourth-order valence-corrected chi connectivity index (χ4v) is 3.25. The Bertz CT molecular complexity index is 715. The van der Waals surface area contributed by atoms with Gasteiger partial charge in [0.1, 0.15) is 10.6 Å². The van der Waals surface area contributed by atoms with E-state index in [0.717, 1.165) is 3.57 Å². The highest BCUT2D eigenvalue weighted by atomic mass is 127. The molecule has 0 amide bonds. The topological polar surface area (TPSA) is 81.4 Å². The number of anilines is 2. The van der Waals surface area contributed by atoms with Crippen molar-refractivity contribution in [3.05, 3.63) is 46.0 Å². The van der Waals surface area contributed by atoms with Gasteiger partial charge in [-0.3, -0.25) is 4.72 Å². The van der Waals surface area contributed by atoms with Crippen LogP contribution < -0.4 is 15.2 Å². The van der Waals surface area contributed by atoms with E-state index < -0.39 is 10.0 Å². The summed E-state index contributed by atoms with van der Waals surface area (Å²) < 4.78 is 33.3. The Balaban J connectivity index is 2.40. The van der Waals surface area contributed by atoms with E-state index in [1.807, 2.05) is 12.1 Å². The Labute approximate surface area is 131 Å². The van der Waals surface area contributed by atoms with Crippen LogP contribution >= 0.6 is 22.6 Å². The Morgan fingerprint density at radius 1 is 1.15 bits per heavy atom. The summed E-state index contributed by atoms with van der Waals surface area (Å²) in [6.07, 6.45) is 0. The van der Waals surface area contributed by atoms with Gasteiger partial charge in [-0.05, 0) is 65.1 Å². The van der Waals surface area contributed by atoms with Crippen LogP contribution in [0.5, 0.6) is 5.75 Å². The normalized spacial score (nSPS) is 11.1. The van der Waals surface area contributed by atoms with Gasteiger partial charge in [0.05, 0.1) is 7.11 Å². The summed E-state index contributed by atoms with van der Waals surface area (Å²) in [4.78, 5) is 0.0125. The SMILES string of the molecule is COc1ccc(N)cc1S(=O)(=O)Nc1ccc(I)cc1. The van der Waals surface area contributed by atoms with Gasteiger partial charge in [-0.15, -0.1) is 0 Å². The summed E-state index contributed by atoms with van der Waals surface area (Å²) in [6, 6.07) is 11.5. The smallest absolute Gasteiger partial charge is 0.265 e. The number of nitrogens with two attached hydrogens (primary N) is 1. The van der Waals surface area contributed by atoms with Gasteiger partial charge < -0.3 is 10.5 Å². The first kappa shape index (κ1) is 14.9. The number of ether oxygens (including phenoxy) is 1. The molecule has 0 fully saturated rings. The van der Waals surface area contributed by atoms with Gasteiger partial charge in [-0.25, -0.2) is 8.42 Å². The second-order valence-electron chi connectivity index (χ2n) is 4.02. The van der Waals surface area contributed by atoms with Gasteiger partial charge in [0.2, 0.25) is 0 Å². The van der Waals surface area contributed by atoms with Crippen LogP contribution in [0.3, 0.4) is 0 Å². The first-order valence-corrected chi connectivity index (χ1v) is 8.20. The van der Waals surface area contributed by atoms with E-state index in [1.54, 1.807) is 18.2 Å². The van der Waals surface area contributed by atoms with Crippen molar-refractivity contribution >= 4 is 44.0 Å². The molecule has 7 heteroatoms. The molecule has 0 saturated carbocycles. The minimum Gasteiger partial charge on any atom is -0.495 e. The molecule has 0 aliphatic heterocycles. The summed E-state index contributed by atoms with van der Waals surface area (Å²) >= 11 is 2.15. The van der Waals surface area contributed by atoms with E-state index in [1.165, 1.54) is 19.2 Å². The standard InChI is InChI=1S/C13H13IN2O3S/c1-19-12-7-4-10(15)8-13(12)20(17,18)16-11-5-2-9(14)3-6-11/h2-8,16H,15H2,1H3. The molecule has 0 unspecified atom stereocenters. The molecule has 3 N–H and O–H groups in total. The molecule has 0 saturated heterocycles. The molecule has 0 spiro atoms. The number of nitrogen functional groups attached to an aromatic ring is 1. The van der Waals surface area contributed by atoms with E-state index in [0.29, 0.717) is 11.4 Å². The van der Waals surface area contributed by atoms with Crippen molar-refractivity contribution < 1.29 is 13.2 Å². The fraction of sp³-hybridized carbons (Fsp3) is 0.0769. The number of rotatable bonds is 4. The van der Waals surface area contributed by atoms with Gasteiger partial charge in [0.15, 0.2) is 0 Å². The van der Waals surface area contributed by atoms with Gasteiger partial charge in [0.25, 0.3) is 10.0 Å². The second-order valence-corrected chi connectivity index (χ2v) is 6.92. The van der Waals surface area contributed by atoms with Gasteiger partial charge in [-0.1, -0.05) is 0 Å². The number of benzene rings is 2. The maximum absolute atomic E-state index is 12.4. The minimum absolute atomic E-state index is 0.0125. The number of sulfonamides is 1. The molecule has 2 aromatic carbocycles. The zero-order chi connectivity index (χ0) is 14.8. The molecule has 5 nitrogen and oxygen atoms in total. The van der Waals surface area contributed by atoms with E-state index >= 15 is 0 Å². The Morgan fingerprint density at radius 3 is 2.40 bits per heavy atom. The number of hydrogen-bond acceptors (Lipinski definition) is 4. The average molecular weight is 404 g/mol. The summed E-state index contributed by atoms with van der Waals surface area (Å²) in [5.74, 6) is 0.247. The summed E-state index contributed by atoms with van der Waals surface area (Å²) in [5, 5.41) is 0. The molecular weight excluding hydrogens is 391 g/mol. The Morgan fingerprint density at radius 2 is 1.80 bits per heavy atom. The maximum Gasteiger partial charge on any atom is 0.265 e. The monoisotopic (exact) mass is 404 g/mol. The first-order chi connectivity index (χ1) is 9.42. The van der Waals surface area contributed by atoms with Gasteiger partial charge in [-0.2, -0.15) is 0 Å². The molecule has 0 atom stereocenters. The predicted octanol–water partition coefficient (Wildman–Crippen LogP) is 2.68. The zero-order valence-corrected chi connectivity index (χ0v) is 13.6. The van der Waals surface area contributed by atoms with Crippen LogP contribution in [-0.2, 0) is 10.0 Å². The molecular formula is C13H13IN2O3S. The number of halogens is 1. The molecule has 20 heavy (non-hydrogen) atoms. The van der Waals surface area contributed by atoms with E-state index in [4.69, 9.17) is 10.5 Å². The van der Waals surface area contributed by atoms with E-state index in [9.17, 15) is 8.42 Å². The van der Waals surface area contributed by atoms with Crippen LogP contribution in [0.4, 0.5) is 11.4 Å². The lowest BCUT2D eigenvalue weighted by molar-refractivity contribution is 0.403. The van der Waals surface area contributed by atoms with E-state index in [-0.39, 0.29) is 10.6 Å². The summed E-state index contributed by atoms with van der Waals surface area (Å²) in [5.41, 5.74) is 6.48. The Hall–Kier alpha value is -1.48. The van der Waals surface area contributed by atoms with Crippen molar-refractivity contribution in [2.45, 2.75) is 4.90 Å². The van der Waals surface area contributed by atoms with Crippen LogP contribution in [0.1, 0.15) is 0 Å². The van der Waals surface area contributed by atoms with E-state index in [2.05, 4.69) is 27.3 Å². The third kappa shape index (κ3) is 3.34. The van der Waals surface area contributed by atoms with Gasteiger partial charge in [0, 0.05) is 14.9 Å². The first-order valence-electron chi connectivity index (χ1n) is 5.64. The fourth-order valence-electron chi connectivity index (χ4n) is 1.63. The lowest BCUT2D eigenvalue weighted by atomic mass is 10.3. The number of methoxy groups -OCH3 is 1. The third-order valence-corrected chi connectivity index (χ3v) is 4.70. The van der Waals surface area contributed by atoms with Crippen LogP contribution in [-0.4, -0.2) is 15.5 Å². The third-order valence-electron chi connectivity index (χ3n) is 2.57. The molecule has 0 aliphatic carbocycles. The second kappa shape index (κ2) is 5.88. The van der Waals surface area contributed by atoms with Crippen LogP contribution in [0, 0.1) is 3.57 Å². The molecule has 0 aromatic heterocycles. The minimum atomic E-state index is -3.75. The molecule has 106 valence electrons. The predicted molar refractivity (Wildman–Crippen MR) is 87.4 cm³/mol. The molecule has 2 rings (SSSR count). The van der Waals surface area contributed by atoms with Crippen LogP contribution in [0.15, 0.2) is 47.4 Å². The van der Waals surface area contributed by atoms with Crippen molar-refractivity contribution in [2.24, 2.45) is 0 Å².